The van der Waals surface area contributed by atoms with Crippen LogP contribution < -0.4 is 0 Å². The monoisotopic (exact) mass is 182 g/mol. The Kier molecular flexibility index (Phi) is 2.89. The van der Waals surface area contributed by atoms with Gasteiger partial charge in [-0.05, 0) is 24.2 Å². The van der Waals surface area contributed by atoms with E-state index in [1.54, 1.807) is 0 Å². The molecule has 0 saturated heterocycles. The van der Waals surface area contributed by atoms with Crippen molar-refractivity contribution in [1.82, 2.24) is 0 Å². The number of Topliss-reactive ketones (excluding diaryl/α,β-unsaturated/α-hetero) is 1. The van der Waals surface area contributed by atoms with E-state index in [-0.39, 0.29) is 17.1 Å². The largest absolute Gasteiger partial charge is 0.303 e. The van der Waals surface area contributed by atoms with E-state index in [0.29, 0.717) is 12.3 Å². The maximum Gasteiger partial charge on any atom is 0.143 e. The first kappa shape index (κ1) is 10.4. The average molecular weight is 182 g/mol. The Morgan fingerprint density at radius 2 is 2.00 bits per heavy atom. The summed E-state index contributed by atoms with van der Waals surface area (Å²) in [6, 6.07) is 0. The zero-order valence-corrected chi connectivity index (χ0v) is 8.67. The zero-order valence-electron chi connectivity index (χ0n) is 8.67. The Morgan fingerprint density at radius 3 is 2.46 bits per heavy atom. The molecule has 2 nitrogen and oxygen atoms in total. The number of carbonyl (C=O) groups excluding carboxylic acids is 2. The second-order valence-corrected chi connectivity index (χ2v) is 5.05. The summed E-state index contributed by atoms with van der Waals surface area (Å²) in [5, 5.41) is 0. The molecule has 0 aromatic heterocycles. The summed E-state index contributed by atoms with van der Waals surface area (Å²) in [6.07, 6.45) is 3.12. The fourth-order valence-electron chi connectivity index (χ4n) is 1.98. The Morgan fingerprint density at radius 1 is 1.38 bits per heavy atom. The van der Waals surface area contributed by atoms with Crippen molar-refractivity contribution in [2.75, 3.05) is 0 Å². The quantitative estimate of drug-likeness (QED) is 0.460. The van der Waals surface area contributed by atoms with Crippen LogP contribution >= 0.6 is 0 Å². The van der Waals surface area contributed by atoms with E-state index in [1.807, 2.05) is 0 Å². The lowest BCUT2D eigenvalue weighted by Crippen LogP contribution is -2.32. The van der Waals surface area contributed by atoms with E-state index in [9.17, 15) is 9.59 Å². The molecule has 0 bridgehead atoms. The van der Waals surface area contributed by atoms with Gasteiger partial charge in [0.05, 0.1) is 5.92 Å². The summed E-state index contributed by atoms with van der Waals surface area (Å²) >= 11 is 0. The van der Waals surface area contributed by atoms with Crippen molar-refractivity contribution in [3.63, 3.8) is 0 Å². The molecule has 2 unspecified atom stereocenters. The molecule has 13 heavy (non-hydrogen) atoms. The molecular weight excluding hydrogens is 164 g/mol. The van der Waals surface area contributed by atoms with Gasteiger partial charge in [0.25, 0.3) is 0 Å². The number of carbonyl (C=O) groups is 2. The van der Waals surface area contributed by atoms with Crippen LogP contribution in [0.3, 0.4) is 0 Å². The normalized spacial score (nSPS) is 30.2. The first-order valence-corrected chi connectivity index (χ1v) is 4.93. The van der Waals surface area contributed by atoms with Crippen LogP contribution in [-0.4, -0.2) is 12.1 Å². The number of hydrogen-bond donors (Lipinski definition) is 0. The van der Waals surface area contributed by atoms with Gasteiger partial charge in [0.1, 0.15) is 12.1 Å². The molecule has 1 aliphatic rings. The van der Waals surface area contributed by atoms with Crippen LogP contribution in [0, 0.1) is 17.3 Å². The third-order valence-corrected chi connectivity index (χ3v) is 3.08. The smallest absolute Gasteiger partial charge is 0.143 e. The minimum absolute atomic E-state index is 0.135. The van der Waals surface area contributed by atoms with Gasteiger partial charge in [-0.15, -0.1) is 0 Å². The number of hydrogen-bond acceptors (Lipinski definition) is 2. The van der Waals surface area contributed by atoms with Gasteiger partial charge in [0.2, 0.25) is 0 Å². The molecule has 0 spiro atoms. The number of ketones is 1. The summed E-state index contributed by atoms with van der Waals surface area (Å²) in [5.74, 6) is 0.328. The molecule has 0 aromatic rings. The number of aldehydes is 1. The van der Waals surface area contributed by atoms with Gasteiger partial charge < -0.3 is 4.79 Å². The van der Waals surface area contributed by atoms with Gasteiger partial charge in [0.15, 0.2) is 0 Å². The first-order valence-electron chi connectivity index (χ1n) is 4.93. The summed E-state index contributed by atoms with van der Waals surface area (Å²) in [7, 11) is 0. The van der Waals surface area contributed by atoms with Gasteiger partial charge in [0, 0.05) is 6.42 Å². The lowest BCUT2D eigenvalue weighted by Gasteiger charge is -2.35. The molecule has 0 aromatic carbocycles. The minimum Gasteiger partial charge on any atom is -0.303 e. The molecule has 1 saturated carbocycles. The highest BCUT2D eigenvalue weighted by molar-refractivity contribution is 5.93. The maximum atomic E-state index is 11.3. The Hall–Kier alpha value is -0.660. The summed E-state index contributed by atoms with van der Waals surface area (Å²) < 4.78 is 0. The molecule has 1 rings (SSSR count). The topological polar surface area (TPSA) is 34.1 Å². The second-order valence-electron chi connectivity index (χ2n) is 5.05. The second kappa shape index (κ2) is 3.60. The molecule has 0 amide bonds. The SMILES string of the molecule is CC(C)(C)C1CCC(=O)C(C=O)C1. The Balaban J connectivity index is 2.65. The molecule has 1 fully saturated rings. The van der Waals surface area contributed by atoms with Crippen molar-refractivity contribution < 1.29 is 9.59 Å². The maximum absolute atomic E-state index is 11.3. The van der Waals surface area contributed by atoms with Gasteiger partial charge in [-0.1, -0.05) is 20.8 Å². The predicted molar refractivity (Wildman–Crippen MR) is 51.4 cm³/mol. The molecule has 1 aliphatic carbocycles. The van der Waals surface area contributed by atoms with Crippen LogP contribution in [0.2, 0.25) is 0 Å². The zero-order chi connectivity index (χ0) is 10.1. The fraction of sp³-hybridized carbons (Fsp3) is 0.818. The Labute approximate surface area is 79.7 Å². The van der Waals surface area contributed by atoms with Crippen molar-refractivity contribution in [2.24, 2.45) is 17.3 Å². The first-order chi connectivity index (χ1) is 5.95. The van der Waals surface area contributed by atoms with E-state index in [0.717, 1.165) is 19.1 Å². The predicted octanol–water partition coefficient (Wildman–Crippen LogP) is 2.22. The van der Waals surface area contributed by atoms with Crippen molar-refractivity contribution in [2.45, 2.75) is 40.0 Å². The minimum atomic E-state index is -0.321. The average Bonchev–Trinajstić information content (AvgIpc) is 2.03. The van der Waals surface area contributed by atoms with Gasteiger partial charge >= 0.3 is 0 Å². The van der Waals surface area contributed by atoms with E-state index < -0.39 is 0 Å². The summed E-state index contributed by atoms with van der Waals surface area (Å²) in [5.41, 5.74) is 0.224. The summed E-state index contributed by atoms with van der Waals surface area (Å²) in [6.45, 7) is 6.53. The van der Waals surface area contributed by atoms with Gasteiger partial charge in [-0.3, -0.25) is 4.79 Å². The van der Waals surface area contributed by atoms with Crippen LogP contribution in [0.4, 0.5) is 0 Å². The number of rotatable bonds is 1. The van der Waals surface area contributed by atoms with Gasteiger partial charge in [-0.2, -0.15) is 0 Å². The van der Waals surface area contributed by atoms with E-state index in [4.69, 9.17) is 0 Å². The van der Waals surface area contributed by atoms with E-state index >= 15 is 0 Å². The van der Waals surface area contributed by atoms with Gasteiger partial charge in [-0.25, -0.2) is 0 Å². The lowest BCUT2D eigenvalue weighted by atomic mass is 9.69. The lowest BCUT2D eigenvalue weighted by molar-refractivity contribution is -0.131. The standard InChI is InChI=1S/C11H18O2/c1-11(2,3)9-4-5-10(13)8(6-9)7-12/h7-9H,4-6H2,1-3H3. The van der Waals surface area contributed by atoms with Crippen LogP contribution in [0.25, 0.3) is 0 Å². The Bertz CT molecular complexity index is 213. The molecule has 0 heterocycles. The molecular formula is C11H18O2. The summed E-state index contributed by atoms with van der Waals surface area (Å²) in [4.78, 5) is 21.9. The highest BCUT2D eigenvalue weighted by Crippen LogP contribution is 2.38. The third kappa shape index (κ3) is 2.39. The van der Waals surface area contributed by atoms with E-state index in [1.165, 1.54) is 0 Å². The van der Waals surface area contributed by atoms with Crippen molar-refractivity contribution in [3.05, 3.63) is 0 Å². The van der Waals surface area contributed by atoms with Crippen molar-refractivity contribution in [1.29, 1.82) is 0 Å². The molecule has 0 radical (unpaired) electrons. The van der Waals surface area contributed by atoms with Crippen molar-refractivity contribution >= 4 is 12.1 Å². The van der Waals surface area contributed by atoms with Crippen LogP contribution in [0.15, 0.2) is 0 Å². The molecule has 2 heteroatoms. The molecule has 0 aliphatic heterocycles. The molecule has 74 valence electrons. The van der Waals surface area contributed by atoms with Crippen molar-refractivity contribution in [3.8, 4) is 0 Å². The van der Waals surface area contributed by atoms with E-state index in [2.05, 4.69) is 20.8 Å². The van der Waals surface area contributed by atoms with Crippen LogP contribution in [0.1, 0.15) is 40.0 Å². The fourth-order valence-corrected chi connectivity index (χ4v) is 1.98. The highest BCUT2D eigenvalue weighted by atomic mass is 16.1. The molecule has 2 atom stereocenters. The highest BCUT2D eigenvalue weighted by Gasteiger charge is 2.34. The third-order valence-electron chi connectivity index (χ3n) is 3.08. The molecule has 0 N–H and O–H groups in total. The van der Waals surface area contributed by atoms with Crippen LogP contribution in [-0.2, 0) is 9.59 Å². The van der Waals surface area contributed by atoms with Crippen LogP contribution in [0.5, 0.6) is 0 Å².